The third kappa shape index (κ3) is 14.6. The molecule has 2 aliphatic rings. The second kappa shape index (κ2) is 24.2. The number of thiazole rings is 1. The van der Waals surface area contributed by atoms with Gasteiger partial charge >= 0.3 is 6.03 Å². The van der Waals surface area contributed by atoms with E-state index in [2.05, 4.69) is 46.4 Å². The standard InChI is InChI=1S/C54H74N12O7S/c1-33(35-14-16-36(17-15-35)45-34(2)57-32-74-45)58-49(69)43-28-39(67)31-66(43)50(70)46(53(3,4)5)59-44(68)13-11-19-64-21-23-65(24-22-64)20-12-18-55-51-56-30-38-27-42(37-25-40(72-9)29-41(26-37)73-10)48(60-47(38)61-51)62-52(71)63-54(6,7)8/h14-17,25-27,29-30,32-33,39,43,46,67H,11-13,18-24,28,31H2,1-10H3,(H,58,69)(H,59,68)(H3,55,56,60,61,62,63,71)/t33-,39+,43-,46+/m0/s1. The molecule has 5 heterocycles. The van der Waals surface area contributed by atoms with Gasteiger partial charge in [-0.25, -0.2) is 19.7 Å². The average molecular weight is 1040 g/mol. The zero-order valence-electron chi connectivity index (χ0n) is 44.5. The number of likely N-dealkylation sites (tertiary alicyclic amines) is 1. The Labute approximate surface area is 438 Å². The lowest BCUT2D eigenvalue weighted by Gasteiger charge is -2.36. The normalized spacial score (nSPS) is 17.4. The number of hydrogen-bond acceptors (Lipinski definition) is 15. The number of carbonyl (C=O) groups excluding carboxylic acids is 4. The monoisotopic (exact) mass is 1030 g/mol. The molecule has 0 spiro atoms. The molecular weight excluding hydrogens is 961 g/mol. The highest BCUT2D eigenvalue weighted by Crippen LogP contribution is 2.36. The number of aryl methyl sites for hydroxylation is 1. The van der Waals surface area contributed by atoms with Crippen LogP contribution in [-0.4, -0.2) is 154 Å². The number of carbonyl (C=O) groups is 4. The highest BCUT2D eigenvalue weighted by Gasteiger charge is 2.44. The maximum Gasteiger partial charge on any atom is 0.320 e. The van der Waals surface area contributed by atoms with Crippen molar-refractivity contribution in [1.29, 1.82) is 0 Å². The Balaban J connectivity index is 0.850. The number of piperazine rings is 1. The lowest BCUT2D eigenvalue weighted by atomic mass is 9.85. The van der Waals surface area contributed by atoms with Crippen molar-refractivity contribution in [3.05, 3.63) is 71.5 Å². The summed E-state index contributed by atoms with van der Waals surface area (Å²) in [5.74, 6) is 1.01. The Hall–Kier alpha value is -6.48. The number of ether oxygens (including phenoxy) is 2. The number of rotatable bonds is 19. The maximum atomic E-state index is 14.2. The molecule has 5 amide bonds. The zero-order valence-corrected chi connectivity index (χ0v) is 45.3. The highest BCUT2D eigenvalue weighted by atomic mass is 32.1. The number of benzene rings is 2. The maximum absolute atomic E-state index is 14.2. The molecule has 0 unspecified atom stereocenters. The summed E-state index contributed by atoms with van der Waals surface area (Å²) >= 11 is 1.58. The second-order valence-electron chi connectivity index (χ2n) is 21.4. The number of urea groups is 1. The number of aliphatic hydroxyl groups excluding tert-OH is 1. The van der Waals surface area contributed by atoms with Gasteiger partial charge in [-0.05, 0) is 101 Å². The fourth-order valence-corrected chi connectivity index (χ4v) is 10.1. The van der Waals surface area contributed by atoms with Crippen LogP contribution in [0.4, 0.5) is 16.6 Å². The Morgan fingerprint density at radius 1 is 0.851 bits per heavy atom. The van der Waals surface area contributed by atoms with E-state index in [-0.39, 0.29) is 43.1 Å². The van der Waals surface area contributed by atoms with E-state index in [4.69, 9.17) is 19.4 Å². The summed E-state index contributed by atoms with van der Waals surface area (Å²) in [5.41, 5.74) is 5.46. The molecule has 2 aromatic carbocycles. The summed E-state index contributed by atoms with van der Waals surface area (Å²) in [7, 11) is 3.16. The van der Waals surface area contributed by atoms with E-state index >= 15 is 0 Å². The van der Waals surface area contributed by atoms with Gasteiger partial charge in [0.2, 0.25) is 23.7 Å². The second-order valence-corrected chi connectivity index (χ2v) is 22.2. The number of fused-ring (bicyclic) bond motifs is 1. The predicted octanol–water partition coefficient (Wildman–Crippen LogP) is 6.63. The molecule has 398 valence electrons. The van der Waals surface area contributed by atoms with Crippen molar-refractivity contribution in [2.24, 2.45) is 5.41 Å². The van der Waals surface area contributed by atoms with Gasteiger partial charge in [0.25, 0.3) is 0 Å². The quantitative estimate of drug-likeness (QED) is 0.0478. The minimum atomic E-state index is -0.884. The van der Waals surface area contributed by atoms with Gasteiger partial charge in [-0.1, -0.05) is 45.0 Å². The van der Waals surface area contributed by atoms with E-state index in [9.17, 15) is 24.3 Å². The molecular formula is C54H74N12O7S. The molecule has 3 aromatic heterocycles. The third-order valence-corrected chi connectivity index (χ3v) is 14.3. The smallest absolute Gasteiger partial charge is 0.320 e. The van der Waals surface area contributed by atoms with Gasteiger partial charge in [0, 0.05) is 80.9 Å². The highest BCUT2D eigenvalue weighted by molar-refractivity contribution is 7.13. The van der Waals surface area contributed by atoms with Crippen molar-refractivity contribution in [1.82, 2.24) is 50.6 Å². The number of amides is 5. The summed E-state index contributed by atoms with van der Waals surface area (Å²) in [4.78, 5) is 80.2. The van der Waals surface area contributed by atoms with E-state index in [0.29, 0.717) is 52.8 Å². The number of hydrogen-bond donors (Lipinski definition) is 6. The molecule has 2 saturated heterocycles. The average Bonchev–Trinajstić information content (AvgIpc) is 3.98. The van der Waals surface area contributed by atoms with Gasteiger partial charge in [-0.2, -0.15) is 4.98 Å². The van der Waals surface area contributed by atoms with Crippen LogP contribution in [0.5, 0.6) is 11.5 Å². The Bertz CT molecular complexity index is 2730. The Morgan fingerprint density at radius 3 is 2.12 bits per heavy atom. The number of nitrogens with zero attached hydrogens (tertiary/aromatic N) is 7. The van der Waals surface area contributed by atoms with E-state index in [1.54, 1.807) is 37.8 Å². The van der Waals surface area contributed by atoms with E-state index in [1.807, 2.05) is 103 Å². The van der Waals surface area contributed by atoms with Gasteiger partial charge < -0.3 is 50.5 Å². The van der Waals surface area contributed by atoms with Gasteiger partial charge in [0.1, 0.15) is 29.4 Å². The summed E-state index contributed by atoms with van der Waals surface area (Å²) in [6.07, 6.45) is 2.74. The van der Waals surface area contributed by atoms with Crippen molar-refractivity contribution in [2.45, 2.75) is 111 Å². The molecule has 2 fully saturated rings. The molecule has 0 aliphatic carbocycles. The third-order valence-electron chi connectivity index (χ3n) is 13.3. The molecule has 19 nitrogen and oxygen atoms in total. The minimum Gasteiger partial charge on any atom is -0.497 e. The first kappa shape index (κ1) is 55.3. The summed E-state index contributed by atoms with van der Waals surface area (Å²) in [6.45, 7) is 21.1. The fraction of sp³-hybridized carbons (Fsp3) is 0.519. The zero-order chi connectivity index (χ0) is 53.3. The molecule has 20 heteroatoms. The largest absolute Gasteiger partial charge is 0.497 e. The summed E-state index contributed by atoms with van der Waals surface area (Å²) < 4.78 is 11.0. The number of aromatic nitrogens is 4. The van der Waals surface area contributed by atoms with Crippen LogP contribution in [0.1, 0.15) is 91.4 Å². The van der Waals surface area contributed by atoms with Gasteiger partial charge in [-0.3, -0.25) is 19.7 Å². The molecule has 4 atom stereocenters. The van der Waals surface area contributed by atoms with Crippen molar-refractivity contribution >= 4 is 57.9 Å². The summed E-state index contributed by atoms with van der Waals surface area (Å²) in [6, 6.07) is 12.9. The van der Waals surface area contributed by atoms with Gasteiger partial charge in [-0.15, -0.1) is 11.3 Å². The number of nitrogens with one attached hydrogen (secondary N) is 5. The van der Waals surface area contributed by atoms with Crippen molar-refractivity contribution in [3.63, 3.8) is 0 Å². The first-order chi connectivity index (χ1) is 35.2. The van der Waals surface area contributed by atoms with Crippen LogP contribution in [0.2, 0.25) is 0 Å². The molecule has 5 aromatic rings. The van der Waals surface area contributed by atoms with E-state index < -0.39 is 35.2 Å². The Morgan fingerprint density at radius 2 is 1.51 bits per heavy atom. The minimum absolute atomic E-state index is 0.0146. The van der Waals surface area contributed by atoms with E-state index in [1.165, 1.54) is 4.90 Å². The molecule has 0 bridgehead atoms. The van der Waals surface area contributed by atoms with Crippen molar-refractivity contribution in [2.75, 3.05) is 77.2 Å². The first-order valence-electron chi connectivity index (χ1n) is 25.5. The van der Waals surface area contributed by atoms with Crippen LogP contribution in [0.25, 0.3) is 32.6 Å². The lowest BCUT2D eigenvalue weighted by Crippen LogP contribution is -2.57. The summed E-state index contributed by atoms with van der Waals surface area (Å²) in [5, 5.41) is 26.7. The lowest BCUT2D eigenvalue weighted by molar-refractivity contribution is -0.144. The van der Waals surface area contributed by atoms with E-state index in [0.717, 1.165) is 73.0 Å². The molecule has 7 rings (SSSR count). The SMILES string of the molecule is COc1cc(OC)cc(-c2cc3cnc(NCCCN4CCN(CCCC(=O)N[C@H](C(=O)N5C[C@H](O)C[C@H]5C(=O)N[C@@H](C)c5ccc(-c6scnc6C)cc5)C(C)(C)C)CC4)nc3nc2NC(=O)NC(C)(C)C)c1. The van der Waals surface area contributed by atoms with Crippen LogP contribution < -0.4 is 36.1 Å². The fourth-order valence-electron chi connectivity index (χ4n) is 9.26. The van der Waals surface area contributed by atoms with Crippen LogP contribution in [0, 0.1) is 12.3 Å². The number of methoxy groups -OCH3 is 2. The topological polar surface area (TPSA) is 228 Å². The molecule has 2 aliphatic heterocycles. The van der Waals surface area contributed by atoms with Gasteiger partial charge in [0.15, 0.2) is 5.65 Å². The molecule has 6 N–H and O–H groups in total. The number of anilines is 2. The molecule has 0 saturated carbocycles. The van der Waals surface area contributed by atoms with Crippen LogP contribution in [-0.2, 0) is 14.4 Å². The Kier molecular flexibility index (Phi) is 18.1. The molecule has 0 radical (unpaired) electrons. The number of pyridine rings is 1. The van der Waals surface area contributed by atoms with Crippen LogP contribution in [0.3, 0.4) is 0 Å². The molecule has 74 heavy (non-hydrogen) atoms. The van der Waals surface area contributed by atoms with Crippen LogP contribution in [0.15, 0.2) is 60.2 Å². The van der Waals surface area contributed by atoms with Crippen molar-refractivity contribution in [3.8, 4) is 33.1 Å². The predicted molar refractivity (Wildman–Crippen MR) is 289 cm³/mol. The number of aliphatic hydroxyl groups is 1. The van der Waals surface area contributed by atoms with Gasteiger partial charge in [0.05, 0.1) is 42.4 Å². The number of β-amino-alcohol motifs (C(OH)–C–C–N with tert-alkyl or cyclic N) is 1. The first-order valence-corrected chi connectivity index (χ1v) is 26.3. The van der Waals surface area contributed by atoms with Crippen LogP contribution >= 0.6 is 11.3 Å². The van der Waals surface area contributed by atoms with Crippen molar-refractivity contribution < 1.29 is 33.8 Å².